The molecule has 0 spiro atoms. The van der Waals surface area contributed by atoms with Gasteiger partial charge in [-0.2, -0.15) is 23.5 Å². The first-order chi connectivity index (χ1) is 15.2. The van der Waals surface area contributed by atoms with Crippen molar-refractivity contribution in [1.82, 2.24) is 15.1 Å². The van der Waals surface area contributed by atoms with Gasteiger partial charge in [-0.15, -0.1) is 0 Å². The van der Waals surface area contributed by atoms with Crippen molar-refractivity contribution in [2.75, 3.05) is 12.3 Å². The van der Waals surface area contributed by atoms with Crippen LogP contribution < -0.4 is 11.1 Å². The Labute approximate surface area is 181 Å². The minimum Gasteiger partial charge on any atom is -0.382 e. The quantitative estimate of drug-likeness (QED) is 0.427. The van der Waals surface area contributed by atoms with Crippen molar-refractivity contribution < 1.29 is 22.4 Å². The lowest BCUT2D eigenvalue weighted by molar-refractivity contribution is -0.137. The number of nitrogens with one attached hydrogen (secondary N) is 1. The molecule has 1 heterocycles. The number of aromatic nitrogens is 2. The molecular weight excluding hydrogens is 426 g/mol. The number of nitrogen functional groups attached to an aromatic ring is 1. The molecule has 3 N–H and O–H groups in total. The van der Waals surface area contributed by atoms with Crippen LogP contribution in [-0.4, -0.2) is 22.2 Å². The first kappa shape index (κ1) is 22.8. The number of carbonyl (C=O) groups excluding carboxylic acids is 1. The van der Waals surface area contributed by atoms with E-state index in [4.69, 9.17) is 5.73 Å². The van der Waals surface area contributed by atoms with E-state index in [0.717, 1.165) is 12.1 Å². The molecule has 32 heavy (non-hydrogen) atoms. The number of carbonyl (C=O) groups is 1. The molecule has 1 amide bonds. The van der Waals surface area contributed by atoms with Gasteiger partial charge in [0.25, 0.3) is 0 Å². The van der Waals surface area contributed by atoms with Gasteiger partial charge in [-0.3, -0.25) is 4.79 Å². The van der Waals surface area contributed by atoms with E-state index in [1.165, 1.54) is 41.1 Å². The van der Waals surface area contributed by atoms with Gasteiger partial charge in [0.1, 0.15) is 23.3 Å². The molecule has 1 aromatic heterocycles. The fourth-order valence-electron chi connectivity index (χ4n) is 3.14. The number of nitrogens with zero attached hydrogens (tertiary/aromatic N) is 3. The summed E-state index contributed by atoms with van der Waals surface area (Å²) in [6.07, 6.45) is -3.88. The highest BCUT2D eigenvalue weighted by Gasteiger charge is 2.30. The number of nitriles is 1. The van der Waals surface area contributed by atoms with Crippen molar-refractivity contribution >= 4 is 11.7 Å². The predicted molar refractivity (Wildman–Crippen MR) is 109 cm³/mol. The van der Waals surface area contributed by atoms with Crippen molar-refractivity contribution in [1.29, 1.82) is 5.26 Å². The summed E-state index contributed by atoms with van der Waals surface area (Å²) < 4.78 is 52.8. The highest BCUT2D eigenvalue weighted by Crippen LogP contribution is 2.29. The predicted octanol–water partition coefficient (Wildman–Crippen LogP) is 3.78. The zero-order valence-electron chi connectivity index (χ0n) is 16.8. The summed E-state index contributed by atoms with van der Waals surface area (Å²) >= 11 is 0. The third kappa shape index (κ3) is 5.43. The number of amides is 1. The second-order valence-electron chi connectivity index (χ2n) is 7.04. The number of halogens is 4. The van der Waals surface area contributed by atoms with Crippen molar-refractivity contribution in [2.45, 2.75) is 25.4 Å². The topological polar surface area (TPSA) is 96.7 Å². The van der Waals surface area contributed by atoms with Gasteiger partial charge < -0.3 is 11.1 Å². The number of alkyl halides is 3. The third-order valence-corrected chi connectivity index (χ3v) is 4.71. The molecule has 10 heteroatoms. The van der Waals surface area contributed by atoms with Gasteiger partial charge in [-0.1, -0.05) is 18.2 Å². The molecule has 0 saturated carbocycles. The Bertz CT molecular complexity index is 1150. The number of nitrogens with two attached hydrogens (primary N) is 1. The molecule has 0 aliphatic rings. The van der Waals surface area contributed by atoms with Crippen LogP contribution in [0.1, 0.15) is 28.8 Å². The van der Waals surface area contributed by atoms with E-state index in [9.17, 15) is 27.6 Å². The number of hydrogen-bond donors (Lipinski definition) is 2. The average Bonchev–Trinajstić information content (AvgIpc) is 3.06. The second-order valence-corrected chi connectivity index (χ2v) is 7.04. The lowest BCUT2D eigenvalue weighted by Crippen LogP contribution is -2.26. The standard InChI is InChI=1S/C22H19F4N5O/c23-16-6-8-17(9-7-16)31-21(28)18(13-27)19(30-31)5-2-10-29-20(32)12-14-3-1-4-15(11-14)22(24,25)26/h1,3-4,6-9,11H,2,5,10,12,28H2,(H,29,32). The molecule has 3 aromatic rings. The molecule has 0 bridgehead atoms. The van der Waals surface area contributed by atoms with Gasteiger partial charge in [0.15, 0.2) is 0 Å². The fourth-order valence-corrected chi connectivity index (χ4v) is 3.14. The zero-order chi connectivity index (χ0) is 23.3. The van der Waals surface area contributed by atoms with Crippen LogP contribution in [0.3, 0.4) is 0 Å². The van der Waals surface area contributed by atoms with E-state index in [-0.39, 0.29) is 29.9 Å². The normalized spacial score (nSPS) is 11.2. The molecule has 0 radical (unpaired) electrons. The highest BCUT2D eigenvalue weighted by molar-refractivity contribution is 5.78. The summed E-state index contributed by atoms with van der Waals surface area (Å²) in [5, 5.41) is 16.4. The van der Waals surface area contributed by atoms with Gasteiger partial charge in [0, 0.05) is 6.54 Å². The number of anilines is 1. The van der Waals surface area contributed by atoms with Gasteiger partial charge in [-0.05, 0) is 48.7 Å². The number of aryl methyl sites for hydroxylation is 1. The first-order valence-electron chi connectivity index (χ1n) is 9.65. The Kier molecular flexibility index (Phi) is 6.78. The smallest absolute Gasteiger partial charge is 0.382 e. The second kappa shape index (κ2) is 9.51. The maximum absolute atomic E-state index is 13.1. The highest BCUT2D eigenvalue weighted by atomic mass is 19.4. The Morgan fingerprint density at radius 2 is 1.91 bits per heavy atom. The SMILES string of the molecule is N#Cc1c(CCCNC(=O)Cc2cccc(C(F)(F)F)c2)nn(-c2ccc(F)cc2)c1N. The van der Waals surface area contributed by atoms with Gasteiger partial charge in [-0.25, -0.2) is 9.07 Å². The van der Waals surface area contributed by atoms with Crippen LogP contribution in [0.5, 0.6) is 0 Å². The van der Waals surface area contributed by atoms with E-state index >= 15 is 0 Å². The van der Waals surface area contributed by atoms with E-state index in [0.29, 0.717) is 24.2 Å². The number of hydrogen-bond acceptors (Lipinski definition) is 4. The first-order valence-corrected chi connectivity index (χ1v) is 9.65. The summed E-state index contributed by atoms with van der Waals surface area (Å²) in [4.78, 5) is 12.1. The summed E-state index contributed by atoms with van der Waals surface area (Å²) in [6.45, 7) is 0.242. The van der Waals surface area contributed by atoms with E-state index in [1.54, 1.807) is 0 Å². The summed E-state index contributed by atoms with van der Waals surface area (Å²) in [6, 6.07) is 12.1. The van der Waals surface area contributed by atoms with E-state index in [1.807, 2.05) is 6.07 Å². The molecular formula is C22H19F4N5O. The summed E-state index contributed by atoms with van der Waals surface area (Å²) in [5.74, 6) is -0.704. The van der Waals surface area contributed by atoms with Crippen LogP contribution in [0.25, 0.3) is 5.69 Å². The van der Waals surface area contributed by atoms with E-state index in [2.05, 4.69) is 10.4 Å². The van der Waals surface area contributed by atoms with Crippen molar-refractivity contribution in [2.24, 2.45) is 0 Å². The van der Waals surface area contributed by atoms with Crippen LogP contribution in [0.4, 0.5) is 23.4 Å². The summed E-state index contributed by atoms with van der Waals surface area (Å²) in [5.41, 5.74) is 6.59. The monoisotopic (exact) mass is 445 g/mol. The molecule has 3 rings (SSSR count). The molecule has 166 valence electrons. The molecule has 6 nitrogen and oxygen atoms in total. The molecule has 0 unspecified atom stereocenters. The average molecular weight is 445 g/mol. The van der Waals surface area contributed by atoms with Crippen molar-refractivity contribution in [3.8, 4) is 11.8 Å². The van der Waals surface area contributed by atoms with Crippen LogP contribution in [0, 0.1) is 17.1 Å². The number of benzene rings is 2. The Morgan fingerprint density at radius 1 is 1.19 bits per heavy atom. The molecule has 0 aliphatic carbocycles. The maximum atomic E-state index is 13.1. The minimum atomic E-state index is -4.47. The molecule has 0 fully saturated rings. The lowest BCUT2D eigenvalue weighted by atomic mass is 10.1. The Morgan fingerprint density at radius 3 is 2.56 bits per heavy atom. The maximum Gasteiger partial charge on any atom is 0.416 e. The zero-order valence-corrected chi connectivity index (χ0v) is 16.8. The lowest BCUT2D eigenvalue weighted by Gasteiger charge is -2.09. The van der Waals surface area contributed by atoms with E-state index < -0.39 is 23.5 Å². The number of rotatable bonds is 7. The van der Waals surface area contributed by atoms with Crippen LogP contribution in [0.15, 0.2) is 48.5 Å². The summed E-state index contributed by atoms with van der Waals surface area (Å²) in [7, 11) is 0. The minimum absolute atomic E-state index is 0.127. The third-order valence-electron chi connectivity index (χ3n) is 4.71. The van der Waals surface area contributed by atoms with Gasteiger partial charge in [0.2, 0.25) is 5.91 Å². The van der Waals surface area contributed by atoms with Gasteiger partial charge >= 0.3 is 6.18 Å². The molecule has 0 atom stereocenters. The van der Waals surface area contributed by atoms with Crippen LogP contribution >= 0.6 is 0 Å². The molecule has 2 aromatic carbocycles. The van der Waals surface area contributed by atoms with Crippen LogP contribution in [0.2, 0.25) is 0 Å². The van der Waals surface area contributed by atoms with Crippen molar-refractivity contribution in [3.05, 3.63) is 76.7 Å². The van der Waals surface area contributed by atoms with Crippen LogP contribution in [-0.2, 0) is 23.8 Å². The molecule has 0 aliphatic heterocycles. The van der Waals surface area contributed by atoms with Crippen molar-refractivity contribution in [3.63, 3.8) is 0 Å². The Hall–Kier alpha value is -3.87. The largest absolute Gasteiger partial charge is 0.416 e. The fraction of sp³-hybridized carbons (Fsp3) is 0.227. The van der Waals surface area contributed by atoms with Gasteiger partial charge in [0.05, 0.1) is 23.4 Å². The molecule has 0 saturated heterocycles. The Balaban J connectivity index is 1.57.